The number of aromatic nitrogens is 2. The minimum atomic E-state index is -0.370. The topological polar surface area (TPSA) is 90.7 Å². The first-order valence-corrected chi connectivity index (χ1v) is 8.03. The highest BCUT2D eigenvalue weighted by Gasteiger charge is 2.10. The maximum atomic E-state index is 12.4. The number of nitrogens with one attached hydrogen (secondary N) is 2. The number of hydrogen-bond acceptors (Lipinski definition) is 5. The zero-order valence-electron chi connectivity index (χ0n) is 14.4. The SMILES string of the molecule is Cc1ccc(Nc2cc(C(=O)Nc3cccc(C#N)c3)ncn2)cc1C. The average molecular weight is 343 g/mol. The fourth-order valence-electron chi connectivity index (χ4n) is 2.38. The molecule has 3 rings (SSSR count). The Labute approximate surface area is 151 Å². The van der Waals surface area contributed by atoms with Gasteiger partial charge in [-0.1, -0.05) is 12.1 Å². The second-order valence-corrected chi connectivity index (χ2v) is 5.86. The number of nitrogens with zero attached hydrogens (tertiary/aromatic N) is 3. The summed E-state index contributed by atoms with van der Waals surface area (Å²) in [6.45, 7) is 4.09. The number of hydrogen-bond donors (Lipinski definition) is 2. The molecular weight excluding hydrogens is 326 g/mol. The van der Waals surface area contributed by atoms with E-state index in [-0.39, 0.29) is 11.6 Å². The molecule has 1 heterocycles. The van der Waals surface area contributed by atoms with E-state index in [4.69, 9.17) is 5.26 Å². The molecule has 0 saturated carbocycles. The van der Waals surface area contributed by atoms with Crippen LogP contribution in [0.1, 0.15) is 27.2 Å². The van der Waals surface area contributed by atoms with Gasteiger partial charge < -0.3 is 10.6 Å². The van der Waals surface area contributed by atoms with Crippen LogP contribution in [0.25, 0.3) is 0 Å². The van der Waals surface area contributed by atoms with Gasteiger partial charge in [-0.05, 0) is 55.3 Å². The Morgan fingerprint density at radius 3 is 2.62 bits per heavy atom. The Balaban J connectivity index is 1.76. The largest absolute Gasteiger partial charge is 0.340 e. The molecule has 0 atom stereocenters. The van der Waals surface area contributed by atoms with Crippen LogP contribution in [0, 0.1) is 25.2 Å². The number of carbonyl (C=O) groups is 1. The third kappa shape index (κ3) is 4.02. The average Bonchev–Trinajstić information content (AvgIpc) is 2.65. The molecule has 1 aromatic heterocycles. The smallest absolute Gasteiger partial charge is 0.274 e. The van der Waals surface area contributed by atoms with Crippen LogP contribution < -0.4 is 10.6 Å². The highest BCUT2D eigenvalue weighted by molar-refractivity contribution is 6.03. The standard InChI is InChI=1S/C20H17N5O/c1-13-6-7-17(8-14(13)2)24-19-10-18(22-12-23-19)20(26)25-16-5-3-4-15(9-16)11-21/h3-10,12H,1-2H3,(H,25,26)(H,22,23,24). The summed E-state index contributed by atoms with van der Waals surface area (Å²) in [4.78, 5) is 20.6. The lowest BCUT2D eigenvalue weighted by Crippen LogP contribution is -2.14. The number of benzene rings is 2. The fraction of sp³-hybridized carbons (Fsp3) is 0.100. The number of carbonyl (C=O) groups excluding carboxylic acids is 1. The molecule has 0 aliphatic carbocycles. The van der Waals surface area contributed by atoms with Crippen LogP contribution in [0.4, 0.5) is 17.2 Å². The number of rotatable bonds is 4. The van der Waals surface area contributed by atoms with Crippen LogP contribution in [0.5, 0.6) is 0 Å². The first kappa shape index (κ1) is 17.1. The molecule has 0 saturated heterocycles. The summed E-state index contributed by atoms with van der Waals surface area (Å²) in [6, 6.07) is 16.3. The van der Waals surface area contributed by atoms with Crippen LogP contribution >= 0.6 is 0 Å². The molecule has 1 amide bonds. The molecule has 0 aliphatic rings. The minimum Gasteiger partial charge on any atom is -0.340 e. The molecule has 2 aromatic carbocycles. The lowest BCUT2D eigenvalue weighted by atomic mass is 10.1. The van der Waals surface area contributed by atoms with Crippen LogP contribution in [0.15, 0.2) is 54.9 Å². The van der Waals surface area contributed by atoms with Crippen LogP contribution in [0.3, 0.4) is 0 Å². The van der Waals surface area contributed by atoms with E-state index in [9.17, 15) is 4.79 Å². The Bertz CT molecular complexity index is 1010. The second kappa shape index (κ2) is 7.45. The van der Waals surface area contributed by atoms with Crippen LogP contribution in [-0.4, -0.2) is 15.9 Å². The Morgan fingerprint density at radius 2 is 1.85 bits per heavy atom. The predicted molar refractivity (Wildman–Crippen MR) is 100 cm³/mol. The first-order valence-electron chi connectivity index (χ1n) is 8.03. The second-order valence-electron chi connectivity index (χ2n) is 5.86. The molecule has 3 aromatic rings. The summed E-state index contributed by atoms with van der Waals surface area (Å²) in [5.41, 5.74) is 4.50. The van der Waals surface area contributed by atoms with Crippen molar-refractivity contribution >= 4 is 23.1 Å². The van der Waals surface area contributed by atoms with E-state index in [1.165, 1.54) is 17.5 Å². The molecule has 0 fully saturated rings. The summed E-state index contributed by atoms with van der Waals surface area (Å²) in [7, 11) is 0. The van der Waals surface area contributed by atoms with Crippen molar-refractivity contribution in [1.82, 2.24) is 9.97 Å². The number of amides is 1. The van der Waals surface area contributed by atoms with Crippen molar-refractivity contribution in [2.45, 2.75) is 13.8 Å². The molecule has 6 heteroatoms. The molecule has 0 bridgehead atoms. The monoisotopic (exact) mass is 343 g/mol. The van der Waals surface area contributed by atoms with Gasteiger partial charge in [-0.2, -0.15) is 5.26 Å². The molecule has 128 valence electrons. The third-order valence-electron chi connectivity index (χ3n) is 3.93. The first-order chi connectivity index (χ1) is 12.5. The van der Waals surface area contributed by atoms with Gasteiger partial charge >= 0.3 is 0 Å². The van der Waals surface area contributed by atoms with Crippen molar-refractivity contribution in [3.05, 3.63) is 77.2 Å². The van der Waals surface area contributed by atoms with E-state index in [2.05, 4.69) is 20.6 Å². The molecule has 0 unspecified atom stereocenters. The van der Waals surface area contributed by atoms with Gasteiger partial charge in [0.2, 0.25) is 0 Å². The normalized spacial score (nSPS) is 10.0. The molecule has 0 spiro atoms. The third-order valence-corrected chi connectivity index (χ3v) is 3.93. The van der Waals surface area contributed by atoms with Crippen molar-refractivity contribution < 1.29 is 4.79 Å². The van der Waals surface area contributed by atoms with Crippen molar-refractivity contribution in [2.24, 2.45) is 0 Å². The van der Waals surface area contributed by atoms with E-state index in [0.29, 0.717) is 17.1 Å². The molecule has 0 radical (unpaired) electrons. The van der Waals surface area contributed by atoms with Gasteiger partial charge in [0, 0.05) is 17.4 Å². The summed E-state index contributed by atoms with van der Waals surface area (Å²) in [5.74, 6) is 0.157. The van der Waals surface area contributed by atoms with E-state index >= 15 is 0 Å². The van der Waals surface area contributed by atoms with Crippen molar-refractivity contribution in [2.75, 3.05) is 10.6 Å². The molecule has 6 nitrogen and oxygen atoms in total. The van der Waals surface area contributed by atoms with E-state index < -0.39 is 0 Å². The zero-order chi connectivity index (χ0) is 18.5. The van der Waals surface area contributed by atoms with Gasteiger partial charge in [0.05, 0.1) is 11.6 Å². The quantitative estimate of drug-likeness (QED) is 0.748. The van der Waals surface area contributed by atoms with Gasteiger partial charge in [0.25, 0.3) is 5.91 Å². The predicted octanol–water partition coefficient (Wildman–Crippen LogP) is 3.96. The maximum Gasteiger partial charge on any atom is 0.274 e. The number of nitriles is 1. The summed E-state index contributed by atoms with van der Waals surface area (Å²) in [6.07, 6.45) is 1.34. The number of aryl methyl sites for hydroxylation is 2. The zero-order valence-corrected chi connectivity index (χ0v) is 14.4. The van der Waals surface area contributed by atoms with Crippen LogP contribution in [-0.2, 0) is 0 Å². The summed E-state index contributed by atoms with van der Waals surface area (Å²) in [5, 5.41) is 14.8. The van der Waals surface area contributed by atoms with E-state index in [1.807, 2.05) is 38.1 Å². The summed E-state index contributed by atoms with van der Waals surface area (Å²) >= 11 is 0. The minimum absolute atomic E-state index is 0.230. The van der Waals surface area contributed by atoms with Crippen molar-refractivity contribution in [3.8, 4) is 6.07 Å². The highest BCUT2D eigenvalue weighted by Crippen LogP contribution is 2.19. The van der Waals surface area contributed by atoms with Crippen molar-refractivity contribution in [1.29, 1.82) is 5.26 Å². The molecule has 0 aliphatic heterocycles. The molecular formula is C20H17N5O. The van der Waals surface area contributed by atoms with E-state index in [0.717, 1.165) is 5.69 Å². The lowest BCUT2D eigenvalue weighted by molar-refractivity contribution is 0.102. The number of anilines is 3. The molecule has 2 N–H and O–H groups in total. The van der Waals surface area contributed by atoms with Gasteiger partial charge in [0.1, 0.15) is 17.8 Å². The van der Waals surface area contributed by atoms with Gasteiger partial charge in [-0.15, -0.1) is 0 Å². The fourth-order valence-corrected chi connectivity index (χ4v) is 2.38. The van der Waals surface area contributed by atoms with Gasteiger partial charge in [0.15, 0.2) is 0 Å². The van der Waals surface area contributed by atoms with Crippen LogP contribution in [0.2, 0.25) is 0 Å². The Morgan fingerprint density at radius 1 is 1.00 bits per heavy atom. The lowest BCUT2D eigenvalue weighted by Gasteiger charge is -2.09. The highest BCUT2D eigenvalue weighted by atomic mass is 16.1. The maximum absolute atomic E-state index is 12.4. The Hall–Kier alpha value is -3.72. The summed E-state index contributed by atoms with van der Waals surface area (Å²) < 4.78 is 0. The van der Waals surface area contributed by atoms with Gasteiger partial charge in [-0.25, -0.2) is 9.97 Å². The van der Waals surface area contributed by atoms with E-state index in [1.54, 1.807) is 30.3 Å². The Kier molecular flexibility index (Phi) is 4.90. The molecule has 26 heavy (non-hydrogen) atoms. The van der Waals surface area contributed by atoms with Crippen molar-refractivity contribution in [3.63, 3.8) is 0 Å². The van der Waals surface area contributed by atoms with Gasteiger partial charge in [-0.3, -0.25) is 4.79 Å².